The highest BCUT2D eigenvalue weighted by Gasteiger charge is 1.96. The molecule has 0 amide bonds. The minimum atomic E-state index is -0.639. The number of carbonyl (C=O) groups excluding carboxylic acids is 2. The molecule has 0 N–H and O–H groups in total. The van der Waals surface area contributed by atoms with Crippen molar-refractivity contribution in [2.75, 3.05) is 11.5 Å². The van der Waals surface area contributed by atoms with Crippen LogP contribution in [0.25, 0.3) is 0 Å². The van der Waals surface area contributed by atoms with Gasteiger partial charge in [-0.3, -0.25) is 0 Å². The van der Waals surface area contributed by atoms with Gasteiger partial charge in [0.2, 0.25) is 0 Å². The Kier molecular flexibility index (Phi) is 13.3. The van der Waals surface area contributed by atoms with E-state index in [1.807, 2.05) is 0 Å². The Morgan fingerprint density at radius 2 is 1.33 bits per heavy atom. The first-order valence-electron chi connectivity index (χ1n) is 4.56. The summed E-state index contributed by atoms with van der Waals surface area (Å²) in [6.07, 6.45) is 4.41. The quantitative estimate of drug-likeness (QED) is 0.489. The summed E-state index contributed by atoms with van der Waals surface area (Å²) in [4.78, 5) is 27.3. The molecule has 1 fully saturated rings. The van der Waals surface area contributed by atoms with Gasteiger partial charge < -0.3 is 0 Å². The van der Waals surface area contributed by atoms with E-state index in [-0.39, 0.29) is 13.5 Å². The Labute approximate surface area is 101 Å². The number of hydrogen-bond acceptors (Lipinski definition) is 5. The molecule has 1 saturated heterocycles. The smallest absolute Gasteiger partial charge is 0.248 e. The molecule has 15 heavy (non-hydrogen) atoms. The standard InChI is InChI=1S/C5H10S.C4H6O4.H2S/c1-2-4-6-5-3-1;1-3(5)7-8-4(2)6;/h1-5H2;1-2H3;1H2. The number of thioether (sulfide) groups is 1. The molecule has 0 atom stereocenters. The number of rotatable bonds is 0. The van der Waals surface area contributed by atoms with Gasteiger partial charge in [0.15, 0.2) is 0 Å². The first-order valence-corrected chi connectivity index (χ1v) is 5.72. The Morgan fingerprint density at radius 3 is 1.47 bits per heavy atom. The van der Waals surface area contributed by atoms with Crippen LogP contribution in [0.5, 0.6) is 0 Å². The molecule has 0 bridgehead atoms. The molecule has 0 radical (unpaired) electrons. The number of hydrogen-bond donors (Lipinski definition) is 0. The van der Waals surface area contributed by atoms with Gasteiger partial charge in [-0.15, -0.1) is 0 Å². The number of carbonyl (C=O) groups is 2. The van der Waals surface area contributed by atoms with E-state index in [1.54, 1.807) is 0 Å². The van der Waals surface area contributed by atoms with E-state index < -0.39 is 11.9 Å². The van der Waals surface area contributed by atoms with Crippen LogP contribution in [-0.2, 0) is 19.4 Å². The van der Waals surface area contributed by atoms with Crippen molar-refractivity contribution in [3.63, 3.8) is 0 Å². The van der Waals surface area contributed by atoms with Crippen molar-refractivity contribution in [2.24, 2.45) is 0 Å². The fraction of sp³-hybridized carbons (Fsp3) is 0.778. The first-order chi connectivity index (χ1) is 6.63. The second kappa shape index (κ2) is 11.7. The van der Waals surface area contributed by atoms with Gasteiger partial charge in [-0.2, -0.15) is 25.3 Å². The minimum absolute atomic E-state index is 0. The van der Waals surface area contributed by atoms with Gasteiger partial charge in [0.25, 0.3) is 0 Å². The second-order valence-corrected chi connectivity index (χ2v) is 4.05. The molecule has 0 aromatic heterocycles. The van der Waals surface area contributed by atoms with E-state index in [9.17, 15) is 9.59 Å². The molecule has 0 aliphatic carbocycles. The van der Waals surface area contributed by atoms with Gasteiger partial charge in [0.1, 0.15) is 0 Å². The van der Waals surface area contributed by atoms with Gasteiger partial charge >= 0.3 is 11.9 Å². The lowest BCUT2D eigenvalue weighted by atomic mass is 10.3. The van der Waals surface area contributed by atoms with Crippen molar-refractivity contribution in [1.29, 1.82) is 0 Å². The highest BCUT2D eigenvalue weighted by molar-refractivity contribution is 7.99. The highest BCUT2D eigenvalue weighted by atomic mass is 32.2. The van der Waals surface area contributed by atoms with E-state index in [4.69, 9.17) is 0 Å². The summed E-state index contributed by atoms with van der Waals surface area (Å²) in [6, 6.07) is 0. The molecule has 0 unspecified atom stereocenters. The van der Waals surface area contributed by atoms with E-state index >= 15 is 0 Å². The molecule has 90 valence electrons. The van der Waals surface area contributed by atoms with E-state index in [2.05, 4.69) is 21.5 Å². The third-order valence-corrected chi connectivity index (χ3v) is 2.51. The van der Waals surface area contributed by atoms with E-state index in [1.165, 1.54) is 30.8 Å². The average Bonchev–Trinajstić information content (AvgIpc) is 2.18. The zero-order chi connectivity index (χ0) is 10.8. The van der Waals surface area contributed by atoms with Crippen LogP contribution in [0, 0.1) is 0 Å². The molecule has 0 aromatic carbocycles. The van der Waals surface area contributed by atoms with Crippen LogP contribution in [0.4, 0.5) is 0 Å². The summed E-state index contributed by atoms with van der Waals surface area (Å²) < 4.78 is 0. The van der Waals surface area contributed by atoms with Gasteiger partial charge in [0, 0.05) is 13.8 Å². The van der Waals surface area contributed by atoms with Gasteiger partial charge in [-0.05, 0) is 24.3 Å². The molecule has 0 saturated carbocycles. The maximum Gasteiger partial charge on any atom is 0.352 e. The Morgan fingerprint density at radius 1 is 0.933 bits per heavy atom. The first kappa shape index (κ1) is 17.0. The molecule has 0 aromatic rings. The SMILES string of the molecule is C1CCSCC1.CC(=O)OOC(C)=O.S. The largest absolute Gasteiger partial charge is 0.352 e. The monoisotopic (exact) mass is 254 g/mol. The van der Waals surface area contributed by atoms with E-state index in [0.717, 1.165) is 13.8 Å². The lowest BCUT2D eigenvalue weighted by molar-refractivity contribution is -0.255. The lowest BCUT2D eigenvalue weighted by Crippen LogP contribution is -2.03. The van der Waals surface area contributed by atoms with E-state index in [0.29, 0.717) is 0 Å². The van der Waals surface area contributed by atoms with Crippen molar-refractivity contribution in [3.8, 4) is 0 Å². The highest BCUT2D eigenvalue weighted by Crippen LogP contribution is 2.14. The predicted molar refractivity (Wildman–Crippen MR) is 65.1 cm³/mol. The summed E-state index contributed by atoms with van der Waals surface area (Å²) >= 11 is 2.09. The molecule has 6 heteroatoms. The van der Waals surface area contributed by atoms with Gasteiger partial charge in [-0.1, -0.05) is 6.42 Å². The van der Waals surface area contributed by atoms with Crippen LogP contribution in [0.1, 0.15) is 33.1 Å². The zero-order valence-electron chi connectivity index (χ0n) is 9.08. The normalized spacial score (nSPS) is 13.7. The molecule has 1 aliphatic rings. The van der Waals surface area contributed by atoms with Gasteiger partial charge in [-0.25, -0.2) is 19.4 Å². The fourth-order valence-electron chi connectivity index (χ4n) is 0.804. The summed E-state index contributed by atoms with van der Waals surface area (Å²) in [5.74, 6) is 1.56. The maximum absolute atomic E-state index is 9.85. The Bertz CT molecular complexity index is 155. The Balaban J connectivity index is 0. The topological polar surface area (TPSA) is 52.6 Å². The van der Waals surface area contributed by atoms with Crippen LogP contribution in [0.2, 0.25) is 0 Å². The van der Waals surface area contributed by atoms with Gasteiger partial charge in [0.05, 0.1) is 0 Å². The molecular formula is C9H18O4S2. The van der Waals surface area contributed by atoms with Crippen LogP contribution in [0.3, 0.4) is 0 Å². The summed E-state index contributed by atoms with van der Waals surface area (Å²) in [5, 5.41) is 0. The molecule has 1 aliphatic heterocycles. The van der Waals surface area contributed by atoms with Crippen LogP contribution in [-0.4, -0.2) is 23.4 Å². The molecular weight excluding hydrogens is 236 g/mol. The minimum Gasteiger partial charge on any atom is -0.248 e. The molecule has 0 spiro atoms. The third-order valence-electron chi connectivity index (χ3n) is 1.35. The lowest BCUT2D eigenvalue weighted by Gasteiger charge is -2.05. The summed E-state index contributed by atoms with van der Waals surface area (Å²) in [5.41, 5.74) is 0. The molecule has 1 heterocycles. The van der Waals surface area contributed by atoms with Crippen molar-refractivity contribution in [2.45, 2.75) is 33.1 Å². The van der Waals surface area contributed by atoms with Crippen LogP contribution < -0.4 is 0 Å². The molecule has 4 nitrogen and oxygen atoms in total. The summed E-state index contributed by atoms with van der Waals surface area (Å²) in [6.45, 7) is 2.28. The predicted octanol–water partition coefficient (Wildman–Crippen LogP) is 2.04. The molecule has 1 rings (SSSR count). The zero-order valence-corrected chi connectivity index (χ0v) is 10.9. The van der Waals surface area contributed by atoms with Crippen molar-refractivity contribution in [1.82, 2.24) is 0 Å². The summed E-state index contributed by atoms with van der Waals surface area (Å²) in [7, 11) is 0. The van der Waals surface area contributed by atoms with Crippen LogP contribution in [0.15, 0.2) is 0 Å². The van der Waals surface area contributed by atoms with Crippen molar-refractivity contribution in [3.05, 3.63) is 0 Å². The Hall–Kier alpha value is -0.360. The maximum atomic E-state index is 9.85. The average molecular weight is 254 g/mol. The third kappa shape index (κ3) is 16.3. The van der Waals surface area contributed by atoms with Crippen molar-refractivity contribution >= 4 is 37.2 Å². The van der Waals surface area contributed by atoms with Crippen LogP contribution >= 0.6 is 25.3 Å². The second-order valence-electron chi connectivity index (χ2n) is 2.82. The fourth-order valence-corrected chi connectivity index (χ4v) is 1.83. The van der Waals surface area contributed by atoms with Crippen molar-refractivity contribution < 1.29 is 19.4 Å².